The Balaban J connectivity index is 2.21. The number of esters is 1. The SMILES string of the molecule is COC(=O)[C@@H]1C(=O)[C@H]2CCN1C[C@@H]2C. The molecule has 0 radical (unpaired) electrons. The van der Waals surface area contributed by atoms with Gasteiger partial charge in [0.1, 0.15) is 0 Å². The smallest absolute Gasteiger partial charge is 0.330 e. The van der Waals surface area contributed by atoms with Crippen LogP contribution >= 0.6 is 0 Å². The van der Waals surface area contributed by atoms with Crippen molar-refractivity contribution in [2.24, 2.45) is 11.8 Å². The van der Waals surface area contributed by atoms with Gasteiger partial charge in [-0.3, -0.25) is 9.69 Å². The maximum atomic E-state index is 11.9. The number of fused-ring (bicyclic) bond motifs is 3. The van der Waals surface area contributed by atoms with E-state index in [1.165, 1.54) is 7.11 Å². The minimum Gasteiger partial charge on any atom is -0.468 e. The Morgan fingerprint density at radius 2 is 2.29 bits per heavy atom. The monoisotopic (exact) mass is 197 g/mol. The molecule has 3 heterocycles. The molecule has 0 amide bonds. The third kappa shape index (κ3) is 1.25. The molecular formula is C10H15NO3. The van der Waals surface area contributed by atoms with Gasteiger partial charge in [0, 0.05) is 19.0 Å². The highest BCUT2D eigenvalue weighted by atomic mass is 16.5. The van der Waals surface area contributed by atoms with Crippen molar-refractivity contribution in [3.05, 3.63) is 0 Å². The summed E-state index contributed by atoms with van der Waals surface area (Å²) in [5.74, 6) is 0.120. The summed E-state index contributed by atoms with van der Waals surface area (Å²) in [7, 11) is 1.34. The predicted octanol–water partition coefficient (Wildman–Crippen LogP) is 0.0687. The van der Waals surface area contributed by atoms with Crippen LogP contribution in [0.1, 0.15) is 13.3 Å². The third-order valence-corrected chi connectivity index (χ3v) is 3.36. The van der Waals surface area contributed by atoms with Gasteiger partial charge in [-0.25, -0.2) is 4.79 Å². The van der Waals surface area contributed by atoms with Crippen LogP contribution in [0.2, 0.25) is 0 Å². The lowest BCUT2D eigenvalue weighted by Crippen LogP contribution is -2.61. The standard InChI is InChI=1S/C10H15NO3/c1-6-5-11-4-3-7(6)9(12)8(11)10(13)14-2/h6-8H,3-5H2,1-2H3/t6-,7-,8-/m0/s1. The minimum absolute atomic E-state index is 0.0573. The van der Waals surface area contributed by atoms with E-state index in [4.69, 9.17) is 0 Å². The summed E-state index contributed by atoms with van der Waals surface area (Å²) >= 11 is 0. The van der Waals surface area contributed by atoms with E-state index >= 15 is 0 Å². The molecule has 3 aliphatic heterocycles. The molecule has 78 valence electrons. The number of nitrogens with zero attached hydrogens (tertiary/aromatic N) is 1. The zero-order chi connectivity index (χ0) is 10.3. The number of hydrogen-bond acceptors (Lipinski definition) is 4. The van der Waals surface area contributed by atoms with Gasteiger partial charge in [-0.1, -0.05) is 6.92 Å². The van der Waals surface area contributed by atoms with Crippen molar-refractivity contribution in [2.75, 3.05) is 20.2 Å². The van der Waals surface area contributed by atoms with Crippen molar-refractivity contribution in [3.8, 4) is 0 Å². The summed E-state index contributed by atoms with van der Waals surface area (Å²) in [4.78, 5) is 25.2. The molecule has 4 nitrogen and oxygen atoms in total. The van der Waals surface area contributed by atoms with Gasteiger partial charge >= 0.3 is 5.97 Å². The Kier molecular flexibility index (Phi) is 2.31. The second-order valence-corrected chi connectivity index (χ2v) is 4.20. The Bertz CT molecular complexity index is 277. The topological polar surface area (TPSA) is 46.6 Å². The lowest BCUT2D eigenvalue weighted by atomic mass is 9.75. The van der Waals surface area contributed by atoms with Crippen LogP contribution in [-0.2, 0) is 14.3 Å². The van der Waals surface area contributed by atoms with Crippen molar-refractivity contribution >= 4 is 11.8 Å². The quantitative estimate of drug-likeness (QED) is 0.441. The molecule has 1 unspecified atom stereocenters. The summed E-state index contributed by atoms with van der Waals surface area (Å²) in [5, 5.41) is 0. The van der Waals surface area contributed by atoms with Gasteiger partial charge in [-0.15, -0.1) is 0 Å². The predicted molar refractivity (Wildman–Crippen MR) is 49.7 cm³/mol. The first-order chi connectivity index (χ1) is 6.65. The lowest BCUT2D eigenvalue weighted by molar-refractivity contribution is -0.160. The van der Waals surface area contributed by atoms with Crippen LogP contribution in [-0.4, -0.2) is 42.9 Å². The van der Waals surface area contributed by atoms with Gasteiger partial charge in [0.25, 0.3) is 0 Å². The number of methoxy groups -OCH3 is 1. The van der Waals surface area contributed by atoms with Gasteiger partial charge in [0.15, 0.2) is 11.8 Å². The third-order valence-electron chi connectivity index (χ3n) is 3.36. The molecule has 0 saturated carbocycles. The van der Waals surface area contributed by atoms with Gasteiger partial charge in [-0.05, 0) is 12.3 Å². The molecule has 0 aromatic heterocycles. The number of Topliss-reactive ketones (excluding diaryl/α,β-unsaturated/α-hetero) is 1. The Hall–Kier alpha value is -0.900. The number of hydrogen-bond donors (Lipinski definition) is 0. The van der Waals surface area contributed by atoms with Crippen molar-refractivity contribution < 1.29 is 14.3 Å². The zero-order valence-electron chi connectivity index (χ0n) is 8.53. The van der Waals surface area contributed by atoms with Gasteiger partial charge in [0.05, 0.1) is 7.11 Å². The summed E-state index contributed by atoms with van der Waals surface area (Å²) < 4.78 is 4.65. The maximum absolute atomic E-state index is 11.9. The van der Waals surface area contributed by atoms with Crippen LogP contribution in [0.5, 0.6) is 0 Å². The fourth-order valence-electron chi connectivity index (χ4n) is 2.59. The number of carbonyl (C=O) groups is 2. The van der Waals surface area contributed by atoms with Crippen molar-refractivity contribution in [1.29, 1.82) is 0 Å². The van der Waals surface area contributed by atoms with E-state index in [0.29, 0.717) is 5.92 Å². The highest BCUT2D eigenvalue weighted by molar-refractivity contribution is 6.05. The van der Waals surface area contributed by atoms with Crippen LogP contribution in [0, 0.1) is 11.8 Å². The Morgan fingerprint density at radius 1 is 1.57 bits per heavy atom. The van der Waals surface area contributed by atoms with Gasteiger partial charge in [-0.2, -0.15) is 0 Å². The van der Waals surface area contributed by atoms with Crippen molar-refractivity contribution in [3.63, 3.8) is 0 Å². The first-order valence-electron chi connectivity index (χ1n) is 5.00. The second-order valence-electron chi connectivity index (χ2n) is 4.20. The number of rotatable bonds is 1. The molecule has 0 spiro atoms. The summed E-state index contributed by atoms with van der Waals surface area (Å²) in [6.07, 6.45) is 0.896. The highest BCUT2D eigenvalue weighted by Gasteiger charge is 2.48. The highest BCUT2D eigenvalue weighted by Crippen LogP contribution is 2.33. The molecule has 3 aliphatic rings. The molecule has 3 fully saturated rings. The van der Waals surface area contributed by atoms with E-state index in [0.717, 1.165) is 19.5 Å². The van der Waals surface area contributed by atoms with Crippen LogP contribution < -0.4 is 0 Å². The number of piperidine rings is 3. The van der Waals surface area contributed by atoms with E-state index in [1.54, 1.807) is 0 Å². The van der Waals surface area contributed by atoms with E-state index in [-0.39, 0.29) is 11.7 Å². The number of ether oxygens (including phenoxy) is 1. The van der Waals surface area contributed by atoms with Crippen LogP contribution in [0.25, 0.3) is 0 Å². The Morgan fingerprint density at radius 3 is 2.79 bits per heavy atom. The zero-order valence-corrected chi connectivity index (χ0v) is 8.53. The van der Waals surface area contributed by atoms with Gasteiger partial charge < -0.3 is 4.74 Å². The molecule has 0 N–H and O–H groups in total. The normalized spacial score (nSPS) is 41.1. The fraction of sp³-hybridized carbons (Fsp3) is 0.800. The molecule has 4 atom stereocenters. The second kappa shape index (κ2) is 3.35. The first kappa shape index (κ1) is 9.65. The molecular weight excluding hydrogens is 182 g/mol. The van der Waals surface area contributed by atoms with E-state index < -0.39 is 12.0 Å². The van der Waals surface area contributed by atoms with E-state index in [2.05, 4.69) is 11.7 Å². The molecule has 4 heteroatoms. The molecule has 0 aromatic carbocycles. The fourth-order valence-corrected chi connectivity index (χ4v) is 2.59. The van der Waals surface area contributed by atoms with Crippen LogP contribution in [0.3, 0.4) is 0 Å². The van der Waals surface area contributed by atoms with Crippen LogP contribution in [0.15, 0.2) is 0 Å². The number of carbonyl (C=O) groups excluding carboxylic acids is 2. The Labute approximate surface area is 83.2 Å². The lowest BCUT2D eigenvalue weighted by Gasteiger charge is -2.46. The van der Waals surface area contributed by atoms with Crippen molar-refractivity contribution in [2.45, 2.75) is 19.4 Å². The average Bonchev–Trinajstić information content (AvgIpc) is 2.17. The molecule has 2 bridgehead atoms. The van der Waals surface area contributed by atoms with Gasteiger partial charge in [0.2, 0.25) is 0 Å². The molecule has 0 aromatic rings. The average molecular weight is 197 g/mol. The van der Waals surface area contributed by atoms with Crippen molar-refractivity contribution in [1.82, 2.24) is 4.90 Å². The largest absolute Gasteiger partial charge is 0.468 e. The summed E-state index contributed by atoms with van der Waals surface area (Å²) in [6, 6.07) is -0.616. The van der Waals surface area contributed by atoms with Crippen LogP contribution in [0.4, 0.5) is 0 Å². The molecule has 3 saturated heterocycles. The maximum Gasteiger partial charge on any atom is 0.330 e. The molecule has 0 aliphatic carbocycles. The first-order valence-corrected chi connectivity index (χ1v) is 5.00. The molecule has 14 heavy (non-hydrogen) atoms. The minimum atomic E-state index is -0.616. The molecule has 3 rings (SSSR count). The summed E-state index contributed by atoms with van der Waals surface area (Å²) in [5.41, 5.74) is 0. The summed E-state index contributed by atoms with van der Waals surface area (Å²) in [6.45, 7) is 3.76. The van der Waals surface area contributed by atoms with E-state index in [9.17, 15) is 9.59 Å². The van der Waals surface area contributed by atoms with E-state index in [1.807, 2.05) is 4.90 Å². The number of ketones is 1.